The van der Waals surface area contributed by atoms with Crippen LogP contribution in [0.3, 0.4) is 0 Å². The Morgan fingerprint density at radius 1 is 1.12 bits per heavy atom. The number of amides is 1. The quantitative estimate of drug-likeness (QED) is 0.303. The molecule has 0 saturated carbocycles. The number of nitrogens with zero attached hydrogens (tertiary/aromatic N) is 5. The monoisotopic (exact) mass is 594 g/mol. The molecule has 1 aliphatic rings. The maximum atomic E-state index is 14.6. The van der Waals surface area contributed by atoms with Gasteiger partial charge in [0.25, 0.3) is 17.9 Å². The third kappa shape index (κ3) is 5.90. The average molecular weight is 595 g/mol. The van der Waals surface area contributed by atoms with E-state index in [-0.39, 0.29) is 28.3 Å². The van der Waals surface area contributed by atoms with Crippen LogP contribution in [0.25, 0.3) is 33.7 Å². The minimum absolute atomic E-state index is 0.145. The Kier molecular flexibility index (Phi) is 8.64. The van der Waals surface area contributed by atoms with Crippen LogP contribution in [0, 0.1) is 5.82 Å². The number of nitrogens with one attached hydrogen (secondary N) is 1. The van der Waals surface area contributed by atoms with Gasteiger partial charge in [0, 0.05) is 49.4 Å². The summed E-state index contributed by atoms with van der Waals surface area (Å²) in [5.41, 5.74) is 2.37. The average Bonchev–Trinajstić information content (AvgIpc) is 3.47. The zero-order chi connectivity index (χ0) is 30.0. The van der Waals surface area contributed by atoms with E-state index in [4.69, 9.17) is 0 Å². The fraction of sp³-hybridized carbons (Fsp3) is 0.300. The topological polar surface area (TPSA) is 93.0 Å². The molecule has 1 aliphatic heterocycles. The number of aromatic nitrogens is 4. The van der Waals surface area contributed by atoms with E-state index in [0.29, 0.717) is 60.4 Å². The molecule has 12 heteroatoms. The lowest BCUT2D eigenvalue weighted by atomic mass is 10.0. The van der Waals surface area contributed by atoms with E-state index < -0.39 is 17.8 Å². The molecule has 4 aromatic rings. The Morgan fingerprint density at radius 2 is 1.88 bits per heavy atom. The number of hydrogen-bond acceptors (Lipinski definition) is 7. The Hall–Kier alpha value is -4.16. The maximum absolute atomic E-state index is 14.6. The third-order valence-electron chi connectivity index (χ3n) is 6.82. The van der Waals surface area contributed by atoms with Gasteiger partial charge in [-0.15, -0.1) is 11.3 Å². The van der Waals surface area contributed by atoms with Crippen molar-refractivity contribution >= 4 is 23.3 Å². The van der Waals surface area contributed by atoms with Crippen LogP contribution >= 0.6 is 11.3 Å². The minimum Gasteiger partial charge on any atom is -0.336 e. The number of piperazine rings is 1. The highest BCUT2D eigenvalue weighted by molar-refractivity contribution is 7.13. The normalized spacial score (nSPS) is 13.5. The van der Waals surface area contributed by atoms with Crippen molar-refractivity contribution in [2.45, 2.75) is 33.6 Å². The standard InChI is InChI=1S/C30H29F3N6O2S/c1-4-22-26(12-19(31)15-36-22)39-25(11-17(2)3)20(29(40)38-9-7-34-8-10-38)13-21(30(39)41)28-37-24(16-42-28)23-6-5-18(14-35-23)27(32)33/h5-6,11-16,27,34H,4,7-10H2,1-3H3. The largest absolute Gasteiger partial charge is 0.336 e. The van der Waals surface area contributed by atoms with Crippen molar-refractivity contribution in [2.75, 3.05) is 26.2 Å². The SMILES string of the molecule is CCc1ncc(F)cc1-n1c(C=C(C)C)c(C(=O)N2CCNCC2)cc(-c2nc(-c3ccc(C(F)F)cn3)cs2)c1=O. The summed E-state index contributed by atoms with van der Waals surface area (Å²) in [6.07, 6.45) is 1.71. The van der Waals surface area contributed by atoms with Crippen LogP contribution in [0.15, 0.2) is 52.4 Å². The number of alkyl halides is 2. The van der Waals surface area contributed by atoms with Gasteiger partial charge in [0.1, 0.15) is 16.5 Å². The van der Waals surface area contributed by atoms with Crippen molar-refractivity contribution in [3.8, 4) is 27.6 Å². The zero-order valence-electron chi connectivity index (χ0n) is 23.3. The Morgan fingerprint density at radius 3 is 2.52 bits per heavy atom. The summed E-state index contributed by atoms with van der Waals surface area (Å²) in [5, 5.41) is 5.22. The fourth-order valence-electron chi connectivity index (χ4n) is 4.77. The second-order valence-corrected chi connectivity index (χ2v) is 10.9. The first-order valence-electron chi connectivity index (χ1n) is 13.5. The highest BCUT2D eigenvalue weighted by Crippen LogP contribution is 2.31. The van der Waals surface area contributed by atoms with Gasteiger partial charge in [0.15, 0.2) is 0 Å². The molecular formula is C30H29F3N6O2S. The number of halogens is 3. The van der Waals surface area contributed by atoms with Crippen LogP contribution in [0.4, 0.5) is 13.2 Å². The molecule has 0 radical (unpaired) electrons. The second kappa shape index (κ2) is 12.4. The van der Waals surface area contributed by atoms with Crippen molar-refractivity contribution in [1.29, 1.82) is 0 Å². The summed E-state index contributed by atoms with van der Waals surface area (Å²) in [6.45, 7) is 7.81. The molecule has 0 unspecified atom stereocenters. The van der Waals surface area contributed by atoms with Gasteiger partial charge >= 0.3 is 0 Å². The Balaban J connectivity index is 1.76. The number of carbonyl (C=O) groups excluding carboxylic acids is 1. The van der Waals surface area contributed by atoms with Crippen molar-refractivity contribution in [3.05, 3.63) is 86.3 Å². The minimum atomic E-state index is -2.65. The van der Waals surface area contributed by atoms with Crippen LogP contribution in [-0.2, 0) is 6.42 Å². The van der Waals surface area contributed by atoms with Gasteiger partial charge in [0.05, 0.1) is 40.1 Å². The number of rotatable bonds is 7. The molecule has 4 aromatic heterocycles. The van der Waals surface area contributed by atoms with E-state index >= 15 is 0 Å². The van der Waals surface area contributed by atoms with Gasteiger partial charge in [-0.25, -0.2) is 18.2 Å². The van der Waals surface area contributed by atoms with Crippen LogP contribution in [0.5, 0.6) is 0 Å². The van der Waals surface area contributed by atoms with Gasteiger partial charge in [-0.05, 0) is 44.5 Å². The summed E-state index contributed by atoms with van der Waals surface area (Å²) in [5.74, 6) is -0.880. The molecular weight excluding hydrogens is 565 g/mol. The van der Waals surface area contributed by atoms with Crippen LogP contribution < -0.4 is 10.9 Å². The summed E-state index contributed by atoms with van der Waals surface area (Å²) in [4.78, 5) is 42.9. The van der Waals surface area contributed by atoms with Crippen LogP contribution in [-0.4, -0.2) is 56.5 Å². The summed E-state index contributed by atoms with van der Waals surface area (Å²) < 4.78 is 42.0. The highest BCUT2D eigenvalue weighted by atomic mass is 32.1. The molecule has 218 valence electrons. The molecule has 42 heavy (non-hydrogen) atoms. The fourth-order valence-corrected chi connectivity index (χ4v) is 5.59. The smallest absolute Gasteiger partial charge is 0.265 e. The molecule has 1 fully saturated rings. The first-order chi connectivity index (χ1) is 20.2. The number of allylic oxidation sites excluding steroid dienone is 1. The number of carbonyl (C=O) groups is 1. The number of aryl methyl sites for hydroxylation is 1. The number of pyridine rings is 3. The first kappa shape index (κ1) is 29.3. The van der Waals surface area contributed by atoms with Gasteiger partial charge in [-0.3, -0.25) is 24.1 Å². The zero-order valence-corrected chi connectivity index (χ0v) is 24.1. The predicted molar refractivity (Wildman–Crippen MR) is 157 cm³/mol. The first-order valence-corrected chi connectivity index (χ1v) is 14.4. The molecule has 8 nitrogen and oxygen atoms in total. The molecule has 0 aromatic carbocycles. The Labute approximate surface area is 244 Å². The van der Waals surface area contributed by atoms with E-state index in [1.54, 1.807) is 22.4 Å². The summed E-state index contributed by atoms with van der Waals surface area (Å²) in [6, 6.07) is 5.52. The van der Waals surface area contributed by atoms with Crippen molar-refractivity contribution in [3.63, 3.8) is 0 Å². The molecule has 0 bridgehead atoms. The van der Waals surface area contributed by atoms with E-state index in [9.17, 15) is 22.8 Å². The number of thiazole rings is 1. The van der Waals surface area contributed by atoms with Crippen LogP contribution in [0.1, 0.15) is 54.5 Å². The van der Waals surface area contributed by atoms with Crippen molar-refractivity contribution < 1.29 is 18.0 Å². The molecule has 0 atom stereocenters. The van der Waals surface area contributed by atoms with E-state index in [2.05, 4.69) is 20.3 Å². The molecule has 1 amide bonds. The number of hydrogen-bond donors (Lipinski definition) is 1. The summed E-state index contributed by atoms with van der Waals surface area (Å²) >= 11 is 1.16. The van der Waals surface area contributed by atoms with Gasteiger partial charge in [-0.1, -0.05) is 12.5 Å². The lowest BCUT2D eigenvalue weighted by Crippen LogP contribution is -2.47. The second-order valence-electron chi connectivity index (χ2n) is 10.0. The molecule has 5 rings (SSSR count). The van der Waals surface area contributed by atoms with Gasteiger partial charge in [-0.2, -0.15) is 0 Å². The van der Waals surface area contributed by atoms with Crippen molar-refractivity contribution in [2.24, 2.45) is 0 Å². The van der Waals surface area contributed by atoms with Gasteiger partial charge in [0.2, 0.25) is 0 Å². The van der Waals surface area contributed by atoms with Gasteiger partial charge < -0.3 is 10.2 Å². The summed E-state index contributed by atoms with van der Waals surface area (Å²) in [7, 11) is 0. The van der Waals surface area contributed by atoms with E-state index in [1.165, 1.54) is 22.8 Å². The predicted octanol–water partition coefficient (Wildman–Crippen LogP) is 5.53. The molecule has 1 saturated heterocycles. The van der Waals surface area contributed by atoms with E-state index in [1.807, 2.05) is 20.8 Å². The van der Waals surface area contributed by atoms with Crippen molar-refractivity contribution in [1.82, 2.24) is 29.7 Å². The van der Waals surface area contributed by atoms with E-state index in [0.717, 1.165) is 29.3 Å². The lowest BCUT2D eigenvalue weighted by Gasteiger charge is -2.29. The van der Waals surface area contributed by atoms with Crippen LogP contribution in [0.2, 0.25) is 0 Å². The molecule has 5 heterocycles. The lowest BCUT2D eigenvalue weighted by molar-refractivity contribution is 0.0735. The maximum Gasteiger partial charge on any atom is 0.265 e. The third-order valence-corrected chi connectivity index (χ3v) is 7.70. The molecule has 1 N–H and O–H groups in total. The highest BCUT2D eigenvalue weighted by Gasteiger charge is 2.27. The Bertz CT molecular complexity index is 1710. The molecule has 0 aliphatic carbocycles. The molecule has 0 spiro atoms.